The van der Waals surface area contributed by atoms with Crippen LogP contribution >= 0.6 is 0 Å². The van der Waals surface area contributed by atoms with Gasteiger partial charge in [0.1, 0.15) is 0 Å². The molecular formula is C26H35NO4. The average Bonchev–Trinajstić information content (AvgIpc) is 3.13. The summed E-state index contributed by atoms with van der Waals surface area (Å²) in [5, 5.41) is 10.4. The molecule has 1 saturated heterocycles. The molecule has 5 heteroatoms. The first-order valence-corrected chi connectivity index (χ1v) is 11.2. The molecule has 0 aromatic heterocycles. The quantitative estimate of drug-likeness (QED) is 0.348. The second-order valence-electron chi connectivity index (χ2n) is 8.15. The van der Waals surface area contributed by atoms with Gasteiger partial charge < -0.3 is 14.7 Å². The Kier molecular flexibility index (Phi) is 10.3. The summed E-state index contributed by atoms with van der Waals surface area (Å²) in [6.45, 7) is 4.75. The fourth-order valence-electron chi connectivity index (χ4n) is 3.67. The molecule has 1 aliphatic rings. The Hall–Kier alpha value is -2.58. The third kappa shape index (κ3) is 7.88. The van der Waals surface area contributed by atoms with E-state index in [1.54, 1.807) is 6.07 Å². The van der Waals surface area contributed by atoms with Gasteiger partial charge in [0.2, 0.25) is 5.91 Å². The number of benzene rings is 1. The number of aliphatic hydroxyl groups excluding tert-OH is 1. The third-order valence-electron chi connectivity index (χ3n) is 5.62. The average molecular weight is 426 g/mol. The van der Waals surface area contributed by atoms with Gasteiger partial charge in [-0.3, -0.25) is 4.79 Å². The number of amides is 1. The summed E-state index contributed by atoms with van der Waals surface area (Å²) in [5.74, 6) is 6.13. The summed E-state index contributed by atoms with van der Waals surface area (Å²) in [4.78, 5) is 25.9. The Balaban J connectivity index is 1.87. The minimum Gasteiger partial charge on any atom is -0.465 e. The lowest BCUT2D eigenvalue weighted by Crippen LogP contribution is -2.33. The van der Waals surface area contributed by atoms with Crippen molar-refractivity contribution in [3.8, 4) is 11.8 Å². The number of unbranched alkanes of at least 4 members (excludes halogenated alkanes) is 1. The summed E-state index contributed by atoms with van der Waals surface area (Å²) in [6.07, 6.45) is 8.76. The molecule has 3 atom stereocenters. The van der Waals surface area contributed by atoms with E-state index in [2.05, 4.69) is 18.8 Å². The molecule has 0 bridgehead atoms. The Morgan fingerprint density at radius 1 is 1.39 bits per heavy atom. The first-order chi connectivity index (χ1) is 15.0. The van der Waals surface area contributed by atoms with Crippen molar-refractivity contribution in [1.29, 1.82) is 0 Å². The predicted octanol–water partition coefficient (Wildman–Crippen LogP) is 4.14. The molecule has 1 N–H and O–H groups in total. The number of methoxy groups -OCH3 is 1. The van der Waals surface area contributed by atoms with Crippen LogP contribution in [0.3, 0.4) is 0 Å². The van der Waals surface area contributed by atoms with E-state index in [0.29, 0.717) is 24.9 Å². The zero-order chi connectivity index (χ0) is 22.6. The fourth-order valence-corrected chi connectivity index (χ4v) is 3.67. The number of carbonyl (C=O) groups excluding carboxylic acids is 2. The van der Waals surface area contributed by atoms with Crippen molar-refractivity contribution >= 4 is 11.9 Å². The van der Waals surface area contributed by atoms with Crippen molar-refractivity contribution in [1.82, 2.24) is 4.90 Å². The number of rotatable bonds is 10. The van der Waals surface area contributed by atoms with Crippen molar-refractivity contribution in [3.63, 3.8) is 0 Å². The van der Waals surface area contributed by atoms with Gasteiger partial charge in [-0.05, 0) is 49.3 Å². The van der Waals surface area contributed by atoms with E-state index >= 15 is 0 Å². The van der Waals surface area contributed by atoms with Crippen molar-refractivity contribution in [3.05, 3.63) is 47.5 Å². The highest BCUT2D eigenvalue weighted by Crippen LogP contribution is 2.22. The minimum atomic E-state index is -0.561. The van der Waals surface area contributed by atoms with Gasteiger partial charge in [-0.15, -0.1) is 11.8 Å². The van der Waals surface area contributed by atoms with Crippen LogP contribution in [0.5, 0.6) is 0 Å². The zero-order valence-electron chi connectivity index (χ0n) is 19.0. The van der Waals surface area contributed by atoms with Crippen molar-refractivity contribution < 1.29 is 19.4 Å². The number of hydrogen-bond donors (Lipinski definition) is 1. The highest BCUT2D eigenvalue weighted by atomic mass is 16.5. The van der Waals surface area contributed by atoms with Crippen LogP contribution in [-0.2, 0) is 16.0 Å². The van der Waals surface area contributed by atoms with Crippen LogP contribution in [0, 0.1) is 17.8 Å². The lowest BCUT2D eigenvalue weighted by Gasteiger charge is -2.23. The second-order valence-corrected chi connectivity index (χ2v) is 8.15. The smallest absolute Gasteiger partial charge is 0.337 e. The molecule has 0 spiro atoms. The summed E-state index contributed by atoms with van der Waals surface area (Å²) in [6, 6.07) is 7.44. The molecule has 31 heavy (non-hydrogen) atoms. The number of likely N-dealkylation sites (tertiary alicyclic amines) is 1. The standard InChI is InChI=1S/C26H35NO4/c1-4-5-6-7-10-20(2)24(28)16-14-23-15-17-25(29)27(23)18-9-12-21-11-8-13-22(19-21)26(30)31-3/h8,11,13-14,16,19-20,23-24,28H,4-5,9-10,12,15,17-18H2,1-3H3/t20-,23-,24+/m0/s1. The van der Waals surface area contributed by atoms with Crippen molar-refractivity contribution in [2.45, 2.75) is 70.9 Å². The summed E-state index contributed by atoms with van der Waals surface area (Å²) >= 11 is 0. The maximum atomic E-state index is 12.3. The first kappa shape index (κ1) is 24.7. The highest BCUT2D eigenvalue weighted by molar-refractivity contribution is 5.89. The van der Waals surface area contributed by atoms with E-state index in [0.717, 1.165) is 37.7 Å². The van der Waals surface area contributed by atoms with E-state index < -0.39 is 6.10 Å². The molecule has 1 aliphatic heterocycles. The SMILES string of the molecule is CCCC#CC[C@H](C)[C@H](O)C=C[C@H]1CCC(=O)N1CCCc1cccc(C(=O)OC)c1. The zero-order valence-corrected chi connectivity index (χ0v) is 19.0. The molecule has 0 saturated carbocycles. The molecule has 2 rings (SSSR count). The van der Waals surface area contributed by atoms with Gasteiger partial charge in [-0.25, -0.2) is 4.79 Å². The van der Waals surface area contributed by atoms with Gasteiger partial charge in [0.25, 0.3) is 0 Å². The number of nitrogens with zero attached hydrogens (tertiary/aromatic N) is 1. The molecule has 1 aromatic carbocycles. The van der Waals surface area contributed by atoms with E-state index in [1.165, 1.54) is 7.11 Å². The Morgan fingerprint density at radius 2 is 2.19 bits per heavy atom. The summed E-state index contributed by atoms with van der Waals surface area (Å²) in [7, 11) is 1.37. The molecule has 5 nitrogen and oxygen atoms in total. The fraction of sp³-hybridized carbons (Fsp3) is 0.538. The topological polar surface area (TPSA) is 66.8 Å². The molecular weight excluding hydrogens is 390 g/mol. The van der Waals surface area contributed by atoms with E-state index in [9.17, 15) is 14.7 Å². The molecule has 0 aliphatic carbocycles. The second kappa shape index (κ2) is 13.0. The Morgan fingerprint density at radius 3 is 2.94 bits per heavy atom. The van der Waals surface area contributed by atoms with E-state index in [1.807, 2.05) is 42.2 Å². The van der Waals surface area contributed by atoms with Crippen molar-refractivity contribution in [2.24, 2.45) is 5.92 Å². The Bertz CT molecular complexity index is 820. The molecule has 1 amide bonds. The normalized spacial score (nSPS) is 18.0. The summed E-state index contributed by atoms with van der Waals surface area (Å²) < 4.78 is 4.77. The van der Waals surface area contributed by atoms with Crippen LogP contribution in [-0.4, -0.2) is 47.7 Å². The Labute approximate surface area is 186 Å². The summed E-state index contributed by atoms with van der Waals surface area (Å²) in [5.41, 5.74) is 1.59. The minimum absolute atomic E-state index is 0.0296. The molecule has 168 valence electrons. The van der Waals surface area contributed by atoms with Gasteiger partial charge in [-0.1, -0.05) is 38.1 Å². The number of hydrogen-bond acceptors (Lipinski definition) is 4. The van der Waals surface area contributed by atoms with Gasteiger partial charge in [0.05, 0.1) is 24.8 Å². The molecule has 1 fully saturated rings. The van der Waals surface area contributed by atoms with E-state index in [4.69, 9.17) is 4.74 Å². The van der Waals surface area contributed by atoms with Crippen LogP contribution in [0.15, 0.2) is 36.4 Å². The van der Waals surface area contributed by atoms with Gasteiger partial charge in [0.15, 0.2) is 0 Å². The van der Waals surface area contributed by atoms with Gasteiger partial charge >= 0.3 is 5.97 Å². The lowest BCUT2D eigenvalue weighted by molar-refractivity contribution is -0.128. The van der Waals surface area contributed by atoms with Crippen LogP contribution in [0.1, 0.15) is 68.3 Å². The van der Waals surface area contributed by atoms with E-state index in [-0.39, 0.29) is 23.8 Å². The monoisotopic (exact) mass is 425 g/mol. The van der Waals surface area contributed by atoms with Gasteiger partial charge in [0, 0.05) is 25.8 Å². The lowest BCUT2D eigenvalue weighted by atomic mass is 9.99. The van der Waals surface area contributed by atoms with Crippen LogP contribution in [0.25, 0.3) is 0 Å². The van der Waals surface area contributed by atoms with Crippen molar-refractivity contribution in [2.75, 3.05) is 13.7 Å². The number of aryl methyl sites for hydroxylation is 1. The molecule has 0 radical (unpaired) electrons. The van der Waals surface area contributed by atoms with Gasteiger partial charge in [-0.2, -0.15) is 0 Å². The number of carbonyl (C=O) groups is 2. The first-order valence-electron chi connectivity index (χ1n) is 11.2. The molecule has 0 unspecified atom stereocenters. The predicted molar refractivity (Wildman–Crippen MR) is 122 cm³/mol. The highest BCUT2D eigenvalue weighted by Gasteiger charge is 2.28. The molecule has 1 heterocycles. The third-order valence-corrected chi connectivity index (χ3v) is 5.62. The van der Waals surface area contributed by atoms with Crippen LogP contribution in [0.2, 0.25) is 0 Å². The largest absolute Gasteiger partial charge is 0.465 e. The number of esters is 1. The number of aliphatic hydroxyl groups is 1. The number of ether oxygens (including phenoxy) is 1. The molecule has 1 aromatic rings. The van der Waals surface area contributed by atoms with Crippen LogP contribution in [0.4, 0.5) is 0 Å². The van der Waals surface area contributed by atoms with Crippen LogP contribution < -0.4 is 0 Å². The maximum Gasteiger partial charge on any atom is 0.337 e. The maximum absolute atomic E-state index is 12.3.